The average molecular weight is 265 g/mol. The minimum atomic E-state index is 0.0906. The molecule has 0 saturated carbocycles. The van der Waals surface area contributed by atoms with Crippen LogP contribution in [-0.2, 0) is 24.8 Å². The number of nitrogens with one attached hydrogen (secondary N) is 2. The highest BCUT2D eigenvalue weighted by atomic mass is 16.2. The van der Waals surface area contributed by atoms with Crippen molar-refractivity contribution in [2.45, 2.75) is 19.9 Å². The second-order valence-corrected chi connectivity index (χ2v) is 4.93. The van der Waals surface area contributed by atoms with Gasteiger partial charge in [0.25, 0.3) is 0 Å². The van der Waals surface area contributed by atoms with Gasteiger partial charge in [0, 0.05) is 51.5 Å². The van der Waals surface area contributed by atoms with Gasteiger partial charge in [-0.05, 0) is 6.42 Å². The summed E-state index contributed by atoms with van der Waals surface area (Å²) in [5.41, 5.74) is 2.17. The third kappa shape index (κ3) is 4.04. The Hall–Kier alpha value is -1.40. The van der Waals surface area contributed by atoms with Crippen molar-refractivity contribution in [1.29, 1.82) is 0 Å². The van der Waals surface area contributed by atoms with Gasteiger partial charge in [-0.2, -0.15) is 5.10 Å². The lowest BCUT2D eigenvalue weighted by molar-refractivity contribution is -0.122. The number of carbonyl (C=O) groups is 1. The molecule has 1 aromatic rings. The van der Waals surface area contributed by atoms with Crippen LogP contribution in [0.4, 0.5) is 0 Å². The first kappa shape index (κ1) is 14.0. The lowest BCUT2D eigenvalue weighted by Crippen LogP contribution is -2.47. The van der Waals surface area contributed by atoms with Crippen molar-refractivity contribution in [3.63, 3.8) is 0 Å². The van der Waals surface area contributed by atoms with Crippen LogP contribution in [0.5, 0.6) is 0 Å². The summed E-state index contributed by atoms with van der Waals surface area (Å²) in [4.78, 5) is 14.1. The molecule has 0 bridgehead atoms. The van der Waals surface area contributed by atoms with Crippen molar-refractivity contribution in [1.82, 2.24) is 25.3 Å². The first-order chi connectivity index (χ1) is 9.19. The van der Waals surface area contributed by atoms with Crippen molar-refractivity contribution >= 4 is 5.91 Å². The maximum Gasteiger partial charge on any atom is 0.234 e. The van der Waals surface area contributed by atoms with Gasteiger partial charge in [-0.15, -0.1) is 0 Å². The van der Waals surface area contributed by atoms with Gasteiger partial charge in [-0.1, -0.05) is 6.92 Å². The summed E-state index contributed by atoms with van der Waals surface area (Å²) < 4.78 is 1.80. The number of hydrogen-bond acceptors (Lipinski definition) is 4. The third-order valence-corrected chi connectivity index (χ3v) is 3.38. The van der Waals surface area contributed by atoms with E-state index >= 15 is 0 Å². The maximum atomic E-state index is 11.9. The molecule has 1 aliphatic heterocycles. The number of amides is 1. The Morgan fingerprint density at radius 3 is 2.89 bits per heavy atom. The molecule has 0 spiro atoms. The summed E-state index contributed by atoms with van der Waals surface area (Å²) in [6.07, 6.45) is 2.87. The van der Waals surface area contributed by atoms with Crippen LogP contribution in [0.3, 0.4) is 0 Å². The summed E-state index contributed by atoms with van der Waals surface area (Å²) in [5, 5.41) is 10.6. The summed E-state index contributed by atoms with van der Waals surface area (Å²) >= 11 is 0. The van der Waals surface area contributed by atoms with Crippen LogP contribution < -0.4 is 10.6 Å². The number of aromatic nitrogens is 2. The second-order valence-electron chi connectivity index (χ2n) is 4.93. The van der Waals surface area contributed by atoms with Gasteiger partial charge < -0.3 is 10.6 Å². The summed E-state index contributed by atoms with van der Waals surface area (Å²) in [7, 11) is 1.91. The van der Waals surface area contributed by atoms with Crippen molar-refractivity contribution in [2.24, 2.45) is 7.05 Å². The molecular weight excluding hydrogens is 242 g/mol. The Balaban J connectivity index is 1.79. The van der Waals surface area contributed by atoms with Crippen LogP contribution in [0.25, 0.3) is 0 Å². The van der Waals surface area contributed by atoms with Crippen LogP contribution in [0.15, 0.2) is 6.20 Å². The molecule has 2 N–H and O–H groups in total. The highest BCUT2D eigenvalue weighted by Crippen LogP contribution is 2.06. The predicted molar refractivity (Wildman–Crippen MR) is 73.7 cm³/mol. The summed E-state index contributed by atoms with van der Waals surface area (Å²) in [6, 6.07) is 0. The molecule has 2 heterocycles. The lowest BCUT2D eigenvalue weighted by Gasteiger charge is -2.26. The Morgan fingerprint density at radius 1 is 1.47 bits per heavy atom. The standard InChI is InChI=1S/C13H23N5O/c1-3-12-11(9-17(2)16-12)8-15-13(19)10-18-6-4-14-5-7-18/h9,14H,3-8,10H2,1-2H3,(H,15,19). The molecule has 2 rings (SSSR count). The maximum absolute atomic E-state index is 11.9. The Kier molecular flexibility index (Phi) is 4.93. The zero-order valence-corrected chi connectivity index (χ0v) is 11.8. The molecule has 0 atom stereocenters. The average Bonchev–Trinajstić information content (AvgIpc) is 2.78. The van der Waals surface area contributed by atoms with E-state index in [0.29, 0.717) is 13.1 Å². The number of aryl methyl sites for hydroxylation is 2. The molecule has 1 saturated heterocycles. The van der Waals surface area contributed by atoms with Crippen molar-refractivity contribution in [3.8, 4) is 0 Å². The molecule has 6 nitrogen and oxygen atoms in total. The Labute approximate surface area is 114 Å². The number of piperazine rings is 1. The molecule has 19 heavy (non-hydrogen) atoms. The zero-order chi connectivity index (χ0) is 13.7. The quantitative estimate of drug-likeness (QED) is 0.754. The molecule has 1 fully saturated rings. The normalized spacial score (nSPS) is 16.5. The van der Waals surface area contributed by atoms with E-state index in [0.717, 1.165) is 43.9 Å². The number of nitrogens with zero attached hydrogens (tertiary/aromatic N) is 3. The van der Waals surface area contributed by atoms with Crippen molar-refractivity contribution in [2.75, 3.05) is 32.7 Å². The van der Waals surface area contributed by atoms with Crippen LogP contribution in [-0.4, -0.2) is 53.3 Å². The van der Waals surface area contributed by atoms with Gasteiger partial charge in [-0.25, -0.2) is 0 Å². The Bertz CT molecular complexity index is 423. The Morgan fingerprint density at radius 2 is 2.21 bits per heavy atom. The fraction of sp³-hybridized carbons (Fsp3) is 0.692. The van der Waals surface area contributed by atoms with Gasteiger partial charge in [0.1, 0.15) is 0 Å². The molecule has 6 heteroatoms. The highest BCUT2D eigenvalue weighted by molar-refractivity contribution is 5.78. The van der Waals surface area contributed by atoms with Gasteiger partial charge in [0.15, 0.2) is 0 Å². The summed E-state index contributed by atoms with van der Waals surface area (Å²) in [5.74, 6) is 0.0906. The van der Waals surface area contributed by atoms with Gasteiger partial charge >= 0.3 is 0 Å². The van der Waals surface area contributed by atoms with Crippen LogP contribution >= 0.6 is 0 Å². The topological polar surface area (TPSA) is 62.2 Å². The predicted octanol–water partition coefficient (Wildman–Crippen LogP) is -0.496. The fourth-order valence-corrected chi connectivity index (χ4v) is 2.35. The van der Waals surface area contributed by atoms with Crippen molar-refractivity contribution < 1.29 is 4.79 Å². The zero-order valence-electron chi connectivity index (χ0n) is 11.8. The minimum Gasteiger partial charge on any atom is -0.351 e. The highest BCUT2D eigenvalue weighted by Gasteiger charge is 2.14. The molecule has 1 aliphatic rings. The largest absolute Gasteiger partial charge is 0.351 e. The van der Waals surface area contributed by atoms with E-state index < -0.39 is 0 Å². The van der Waals surface area contributed by atoms with Crippen molar-refractivity contribution in [3.05, 3.63) is 17.5 Å². The lowest BCUT2D eigenvalue weighted by atomic mass is 10.2. The SMILES string of the molecule is CCc1nn(C)cc1CNC(=O)CN1CCNCC1. The molecule has 0 aliphatic carbocycles. The monoisotopic (exact) mass is 265 g/mol. The third-order valence-electron chi connectivity index (χ3n) is 3.38. The number of hydrogen-bond donors (Lipinski definition) is 2. The molecule has 0 radical (unpaired) electrons. The van der Waals surface area contributed by atoms with Gasteiger partial charge in [0.2, 0.25) is 5.91 Å². The fourth-order valence-electron chi connectivity index (χ4n) is 2.35. The first-order valence-electron chi connectivity index (χ1n) is 6.90. The number of carbonyl (C=O) groups excluding carboxylic acids is 1. The molecule has 0 aromatic carbocycles. The smallest absolute Gasteiger partial charge is 0.234 e. The van der Waals surface area contributed by atoms with E-state index in [1.54, 1.807) is 4.68 Å². The van der Waals surface area contributed by atoms with E-state index in [2.05, 4.69) is 27.6 Å². The van der Waals surface area contributed by atoms with E-state index in [9.17, 15) is 4.79 Å². The van der Waals surface area contributed by atoms with E-state index in [1.165, 1.54) is 0 Å². The molecular formula is C13H23N5O. The molecule has 1 aromatic heterocycles. The first-order valence-corrected chi connectivity index (χ1v) is 6.90. The van der Waals surface area contributed by atoms with Crippen LogP contribution in [0.2, 0.25) is 0 Å². The number of rotatable bonds is 5. The van der Waals surface area contributed by atoms with Crippen LogP contribution in [0, 0.1) is 0 Å². The summed E-state index contributed by atoms with van der Waals surface area (Å²) in [6.45, 7) is 6.96. The minimum absolute atomic E-state index is 0.0906. The van der Waals surface area contributed by atoms with Crippen LogP contribution in [0.1, 0.15) is 18.2 Å². The van der Waals surface area contributed by atoms with Gasteiger partial charge in [0.05, 0.1) is 12.2 Å². The van der Waals surface area contributed by atoms with E-state index in [4.69, 9.17) is 0 Å². The molecule has 0 unspecified atom stereocenters. The van der Waals surface area contributed by atoms with Gasteiger partial charge in [-0.3, -0.25) is 14.4 Å². The molecule has 106 valence electrons. The second kappa shape index (κ2) is 6.68. The van der Waals surface area contributed by atoms with E-state index in [1.807, 2.05) is 13.2 Å². The molecule has 1 amide bonds. The van der Waals surface area contributed by atoms with E-state index in [-0.39, 0.29) is 5.91 Å².